The van der Waals surface area contributed by atoms with E-state index in [9.17, 15) is 5.11 Å². The average molecular weight is 264 g/mol. The molecule has 0 bridgehead atoms. The second kappa shape index (κ2) is 6.98. The normalized spacial score (nSPS) is 20.1. The van der Waals surface area contributed by atoms with Gasteiger partial charge >= 0.3 is 0 Å². The van der Waals surface area contributed by atoms with E-state index in [2.05, 4.69) is 17.2 Å². The summed E-state index contributed by atoms with van der Waals surface area (Å²) in [5.41, 5.74) is 0.430. The molecule has 1 atom stereocenters. The molecule has 106 valence electrons. The van der Waals surface area contributed by atoms with Gasteiger partial charge in [-0.25, -0.2) is 0 Å². The first kappa shape index (κ1) is 14.4. The van der Waals surface area contributed by atoms with E-state index in [1.54, 1.807) is 0 Å². The van der Waals surface area contributed by atoms with Gasteiger partial charge in [-0.2, -0.15) is 0 Å². The Hall–Kier alpha value is -0.970. The van der Waals surface area contributed by atoms with E-state index in [1.807, 2.05) is 24.4 Å². The Bertz CT molecular complexity index is 364. The van der Waals surface area contributed by atoms with Gasteiger partial charge in [-0.05, 0) is 18.6 Å². The third-order valence-electron chi connectivity index (χ3n) is 3.72. The number of aliphatic hydroxyl groups is 1. The van der Waals surface area contributed by atoms with Crippen LogP contribution >= 0.6 is 0 Å². The van der Waals surface area contributed by atoms with Crippen molar-refractivity contribution in [1.82, 2.24) is 10.3 Å². The summed E-state index contributed by atoms with van der Waals surface area (Å²) in [5.74, 6) is 0. The van der Waals surface area contributed by atoms with Crippen LogP contribution in [0.4, 0.5) is 0 Å². The maximum atomic E-state index is 10.5. The number of rotatable bonds is 6. The number of aromatic nitrogens is 1. The molecule has 2 rings (SSSR count). The van der Waals surface area contributed by atoms with Crippen LogP contribution in [0.2, 0.25) is 0 Å². The van der Waals surface area contributed by atoms with Gasteiger partial charge in [0.05, 0.1) is 11.3 Å². The fourth-order valence-electron chi connectivity index (χ4n) is 2.47. The molecule has 0 radical (unpaired) electrons. The third kappa shape index (κ3) is 4.27. The van der Waals surface area contributed by atoms with Crippen molar-refractivity contribution >= 4 is 0 Å². The van der Waals surface area contributed by atoms with Gasteiger partial charge in [0.15, 0.2) is 0 Å². The van der Waals surface area contributed by atoms with Crippen LogP contribution in [-0.4, -0.2) is 35.5 Å². The zero-order chi connectivity index (χ0) is 13.6. The highest BCUT2D eigenvalue weighted by Crippen LogP contribution is 2.22. The number of pyridine rings is 1. The van der Waals surface area contributed by atoms with Crippen molar-refractivity contribution in [3.63, 3.8) is 0 Å². The lowest BCUT2D eigenvalue weighted by Crippen LogP contribution is -2.46. The molecular weight excluding hydrogens is 240 g/mol. The van der Waals surface area contributed by atoms with Crippen molar-refractivity contribution in [2.75, 3.05) is 19.8 Å². The van der Waals surface area contributed by atoms with Crippen LogP contribution in [0.25, 0.3) is 0 Å². The van der Waals surface area contributed by atoms with E-state index in [0.717, 1.165) is 18.5 Å². The van der Waals surface area contributed by atoms with Crippen LogP contribution in [0.5, 0.6) is 0 Å². The summed E-state index contributed by atoms with van der Waals surface area (Å²) in [5, 5.41) is 14.0. The van der Waals surface area contributed by atoms with Gasteiger partial charge < -0.3 is 15.2 Å². The highest BCUT2D eigenvalue weighted by Gasteiger charge is 2.30. The van der Waals surface area contributed by atoms with E-state index in [4.69, 9.17) is 4.74 Å². The molecule has 0 aromatic carbocycles. The third-order valence-corrected chi connectivity index (χ3v) is 3.72. The molecule has 2 heterocycles. The lowest BCUT2D eigenvalue weighted by Gasteiger charge is -2.33. The van der Waals surface area contributed by atoms with Gasteiger partial charge in [0.2, 0.25) is 0 Å². The van der Waals surface area contributed by atoms with Crippen molar-refractivity contribution < 1.29 is 9.84 Å². The van der Waals surface area contributed by atoms with Crippen LogP contribution in [0, 0.1) is 0 Å². The van der Waals surface area contributed by atoms with E-state index in [1.165, 1.54) is 0 Å². The summed E-state index contributed by atoms with van der Waals surface area (Å²) >= 11 is 0. The van der Waals surface area contributed by atoms with Crippen LogP contribution < -0.4 is 5.32 Å². The van der Waals surface area contributed by atoms with E-state index in [0.29, 0.717) is 32.6 Å². The minimum atomic E-state index is -0.626. The number of ether oxygens (including phenoxy) is 1. The largest absolute Gasteiger partial charge is 0.388 e. The zero-order valence-electron chi connectivity index (χ0n) is 11.6. The van der Waals surface area contributed by atoms with Crippen molar-refractivity contribution in [3.05, 3.63) is 30.1 Å². The molecule has 19 heavy (non-hydrogen) atoms. The molecule has 1 aliphatic rings. The quantitative estimate of drug-likeness (QED) is 0.825. The summed E-state index contributed by atoms with van der Waals surface area (Å²) in [6.45, 7) is 4.08. The van der Waals surface area contributed by atoms with Gasteiger partial charge in [0, 0.05) is 44.8 Å². The second-order valence-electron chi connectivity index (χ2n) is 5.31. The lowest BCUT2D eigenvalue weighted by atomic mass is 9.93. The summed E-state index contributed by atoms with van der Waals surface area (Å²) in [4.78, 5) is 4.42. The summed E-state index contributed by atoms with van der Waals surface area (Å²) < 4.78 is 5.30. The molecule has 1 saturated heterocycles. The number of hydrogen-bond donors (Lipinski definition) is 2. The van der Waals surface area contributed by atoms with Crippen LogP contribution in [0.3, 0.4) is 0 Å². The number of nitrogens with zero attached hydrogens (tertiary/aromatic N) is 1. The Kier molecular flexibility index (Phi) is 5.31. The molecule has 1 fully saturated rings. The summed E-state index contributed by atoms with van der Waals surface area (Å²) in [6, 6.07) is 6.20. The molecule has 4 heteroatoms. The Morgan fingerprint density at radius 2 is 2.21 bits per heavy atom. The van der Waals surface area contributed by atoms with Crippen LogP contribution in [0.15, 0.2) is 24.4 Å². The van der Waals surface area contributed by atoms with Crippen molar-refractivity contribution in [2.45, 2.75) is 44.2 Å². The topological polar surface area (TPSA) is 54.4 Å². The molecule has 1 aromatic heterocycles. The Morgan fingerprint density at radius 3 is 2.84 bits per heavy atom. The van der Waals surface area contributed by atoms with Gasteiger partial charge in [0.25, 0.3) is 0 Å². The monoisotopic (exact) mass is 264 g/mol. The molecule has 1 aromatic rings. The molecule has 0 aliphatic carbocycles. The standard InChI is InChI=1S/C15H24N2O2/c1-2-5-13(14-6-3-4-9-16-14)17-12-15(18)7-10-19-11-8-15/h3-4,6,9,13,17-18H,2,5,7-8,10-12H2,1H3. The van der Waals surface area contributed by atoms with Gasteiger partial charge in [-0.1, -0.05) is 19.4 Å². The average Bonchev–Trinajstić information content (AvgIpc) is 2.45. The van der Waals surface area contributed by atoms with Gasteiger partial charge in [0.1, 0.15) is 0 Å². The smallest absolute Gasteiger partial charge is 0.0815 e. The Labute approximate surface area is 115 Å². The van der Waals surface area contributed by atoms with Crippen LogP contribution in [0.1, 0.15) is 44.3 Å². The first-order valence-corrected chi connectivity index (χ1v) is 7.18. The Balaban J connectivity index is 1.93. The lowest BCUT2D eigenvalue weighted by molar-refractivity contribution is -0.0629. The van der Waals surface area contributed by atoms with Gasteiger partial charge in [-0.15, -0.1) is 0 Å². The minimum Gasteiger partial charge on any atom is -0.388 e. The fourth-order valence-corrected chi connectivity index (χ4v) is 2.47. The van der Waals surface area contributed by atoms with Crippen molar-refractivity contribution in [2.24, 2.45) is 0 Å². The highest BCUT2D eigenvalue weighted by atomic mass is 16.5. The van der Waals surface area contributed by atoms with E-state index >= 15 is 0 Å². The molecule has 0 spiro atoms. The van der Waals surface area contributed by atoms with E-state index in [-0.39, 0.29) is 6.04 Å². The molecule has 1 unspecified atom stereocenters. The summed E-state index contributed by atoms with van der Waals surface area (Å²) in [6.07, 6.45) is 5.37. The minimum absolute atomic E-state index is 0.220. The van der Waals surface area contributed by atoms with Gasteiger partial charge in [-0.3, -0.25) is 4.98 Å². The molecule has 1 aliphatic heterocycles. The maximum Gasteiger partial charge on any atom is 0.0815 e. The number of nitrogens with one attached hydrogen (secondary N) is 1. The maximum absolute atomic E-state index is 10.5. The first-order chi connectivity index (χ1) is 9.23. The van der Waals surface area contributed by atoms with Crippen molar-refractivity contribution in [1.29, 1.82) is 0 Å². The predicted molar refractivity (Wildman–Crippen MR) is 74.9 cm³/mol. The predicted octanol–water partition coefficient (Wildman–Crippen LogP) is 2.05. The highest BCUT2D eigenvalue weighted by molar-refractivity contribution is 5.08. The summed E-state index contributed by atoms with van der Waals surface area (Å²) in [7, 11) is 0. The van der Waals surface area contributed by atoms with Crippen molar-refractivity contribution in [3.8, 4) is 0 Å². The van der Waals surface area contributed by atoms with E-state index < -0.39 is 5.60 Å². The second-order valence-corrected chi connectivity index (χ2v) is 5.31. The molecular formula is C15H24N2O2. The zero-order valence-corrected chi connectivity index (χ0v) is 11.6. The molecule has 0 saturated carbocycles. The molecule has 4 nitrogen and oxygen atoms in total. The fraction of sp³-hybridized carbons (Fsp3) is 0.667. The first-order valence-electron chi connectivity index (χ1n) is 7.18. The Morgan fingerprint density at radius 1 is 1.42 bits per heavy atom. The molecule has 2 N–H and O–H groups in total. The van der Waals surface area contributed by atoms with Crippen LogP contribution in [-0.2, 0) is 4.74 Å². The molecule has 0 amide bonds. The SMILES string of the molecule is CCCC(NCC1(O)CCOCC1)c1ccccn1. The number of hydrogen-bond acceptors (Lipinski definition) is 4.